The summed E-state index contributed by atoms with van der Waals surface area (Å²) in [5, 5.41) is 1.20. The Hall–Kier alpha value is -3.06. The molecule has 0 aliphatic rings. The van der Waals surface area contributed by atoms with E-state index in [1.54, 1.807) is 31.2 Å². The van der Waals surface area contributed by atoms with Crippen LogP contribution in [0.3, 0.4) is 0 Å². The SMILES string of the molecule is CCOC(=O)Oc1sc2ccccc2c1OCc1ccc(C(=O)OC)cc1. The number of rotatable bonds is 6. The van der Waals surface area contributed by atoms with E-state index in [9.17, 15) is 9.59 Å². The van der Waals surface area contributed by atoms with Crippen LogP contribution in [0.15, 0.2) is 48.5 Å². The molecule has 140 valence electrons. The molecule has 3 aromatic rings. The predicted octanol–water partition coefficient (Wildman–Crippen LogP) is 4.80. The topological polar surface area (TPSA) is 71.1 Å². The number of fused-ring (bicyclic) bond motifs is 1. The predicted molar refractivity (Wildman–Crippen MR) is 102 cm³/mol. The minimum Gasteiger partial charge on any atom is -0.483 e. The van der Waals surface area contributed by atoms with E-state index in [4.69, 9.17) is 14.2 Å². The van der Waals surface area contributed by atoms with Crippen LogP contribution in [0.4, 0.5) is 4.79 Å². The minimum absolute atomic E-state index is 0.229. The lowest BCUT2D eigenvalue weighted by atomic mass is 10.1. The van der Waals surface area contributed by atoms with Crippen molar-refractivity contribution in [1.82, 2.24) is 0 Å². The largest absolute Gasteiger partial charge is 0.514 e. The second-order valence-electron chi connectivity index (χ2n) is 5.48. The van der Waals surface area contributed by atoms with Gasteiger partial charge >= 0.3 is 12.1 Å². The van der Waals surface area contributed by atoms with Gasteiger partial charge in [0.05, 0.1) is 19.3 Å². The first kappa shape index (κ1) is 18.7. The van der Waals surface area contributed by atoms with Crippen molar-refractivity contribution < 1.29 is 28.5 Å². The number of hydrogen-bond donors (Lipinski definition) is 0. The summed E-state index contributed by atoms with van der Waals surface area (Å²) in [5.41, 5.74) is 1.33. The molecule has 0 saturated heterocycles. The molecule has 0 N–H and O–H groups in total. The lowest BCUT2D eigenvalue weighted by molar-refractivity contribution is 0.0600. The van der Waals surface area contributed by atoms with Crippen LogP contribution in [0.2, 0.25) is 0 Å². The number of esters is 1. The van der Waals surface area contributed by atoms with E-state index >= 15 is 0 Å². The highest BCUT2D eigenvalue weighted by Crippen LogP contribution is 2.44. The molecule has 1 aromatic heterocycles. The fourth-order valence-electron chi connectivity index (χ4n) is 2.44. The summed E-state index contributed by atoms with van der Waals surface area (Å²) in [5.74, 6) is 0.0946. The second-order valence-corrected chi connectivity index (χ2v) is 6.49. The molecule has 0 atom stereocenters. The van der Waals surface area contributed by atoms with Gasteiger partial charge in [0.25, 0.3) is 0 Å². The summed E-state index contributed by atoms with van der Waals surface area (Å²) in [6.45, 7) is 2.19. The van der Waals surface area contributed by atoms with Crippen molar-refractivity contribution >= 4 is 33.5 Å². The molecule has 0 amide bonds. The lowest BCUT2D eigenvalue weighted by Crippen LogP contribution is -2.10. The van der Waals surface area contributed by atoms with E-state index < -0.39 is 12.1 Å². The molecule has 0 aliphatic heterocycles. The van der Waals surface area contributed by atoms with Crippen LogP contribution >= 0.6 is 11.3 Å². The van der Waals surface area contributed by atoms with E-state index in [2.05, 4.69) is 4.74 Å². The molecule has 0 bridgehead atoms. The molecule has 7 heteroatoms. The van der Waals surface area contributed by atoms with Gasteiger partial charge in [0.2, 0.25) is 5.06 Å². The van der Waals surface area contributed by atoms with Crippen molar-refractivity contribution in [2.24, 2.45) is 0 Å². The Kier molecular flexibility index (Phi) is 5.93. The molecule has 0 radical (unpaired) electrons. The Balaban J connectivity index is 1.80. The zero-order valence-corrected chi connectivity index (χ0v) is 15.7. The van der Waals surface area contributed by atoms with Gasteiger partial charge in [-0.15, -0.1) is 0 Å². The monoisotopic (exact) mass is 386 g/mol. The van der Waals surface area contributed by atoms with Crippen molar-refractivity contribution in [1.29, 1.82) is 0 Å². The fraction of sp³-hybridized carbons (Fsp3) is 0.200. The average Bonchev–Trinajstić information content (AvgIpc) is 3.03. The summed E-state index contributed by atoms with van der Waals surface area (Å²) in [6, 6.07) is 14.5. The van der Waals surface area contributed by atoms with Crippen LogP contribution in [0.25, 0.3) is 10.1 Å². The number of ether oxygens (including phenoxy) is 4. The first-order chi connectivity index (χ1) is 13.1. The molecule has 0 fully saturated rings. The molecular formula is C20H18O6S. The van der Waals surface area contributed by atoms with Crippen LogP contribution in [0, 0.1) is 0 Å². The molecule has 0 saturated carbocycles. The first-order valence-electron chi connectivity index (χ1n) is 8.28. The standard InChI is InChI=1S/C20H18O6S/c1-3-24-20(22)26-19-17(15-6-4-5-7-16(15)27-19)25-12-13-8-10-14(11-9-13)18(21)23-2/h4-11H,3,12H2,1-2H3. The van der Waals surface area contributed by atoms with Crippen LogP contribution < -0.4 is 9.47 Å². The smallest absolute Gasteiger partial charge is 0.483 e. The molecule has 0 aliphatic carbocycles. The number of benzene rings is 2. The van der Waals surface area contributed by atoms with Crippen molar-refractivity contribution in [3.05, 3.63) is 59.7 Å². The Morgan fingerprint density at radius 3 is 2.48 bits per heavy atom. The van der Waals surface area contributed by atoms with Crippen LogP contribution in [-0.4, -0.2) is 25.8 Å². The maximum absolute atomic E-state index is 11.7. The molecule has 3 rings (SSSR count). The molecular weight excluding hydrogens is 368 g/mol. The third kappa shape index (κ3) is 4.38. The van der Waals surface area contributed by atoms with Gasteiger partial charge in [-0.1, -0.05) is 35.6 Å². The zero-order valence-electron chi connectivity index (χ0n) is 14.9. The van der Waals surface area contributed by atoms with Gasteiger partial charge in [-0.2, -0.15) is 0 Å². The van der Waals surface area contributed by atoms with Gasteiger partial charge in [-0.05, 0) is 36.8 Å². The van der Waals surface area contributed by atoms with Crippen molar-refractivity contribution in [3.63, 3.8) is 0 Å². The molecule has 0 unspecified atom stereocenters. The summed E-state index contributed by atoms with van der Waals surface area (Å²) in [4.78, 5) is 23.2. The number of thiophene rings is 1. The van der Waals surface area contributed by atoms with Crippen LogP contribution in [0.1, 0.15) is 22.8 Å². The van der Waals surface area contributed by atoms with Crippen molar-refractivity contribution in [2.75, 3.05) is 13.7 Å². The average molecular weight is 386 g/mol. The summed E-state index contributed by atoms with van der Waals surface area (Å²) in [7, 11) is 1.34. The Morgan fingerprint density at radius 1 is 1.04 bits per heavy atom. The zero-order chi connectivity index (χ0) is 19.2. The summed E-state index contributed by atoms with van der Waals surface area (Å²) >= 11 is 1.31. The summed E-state index contributed by atoms with van der Waals surface area (Å²) in [6.07, 6.45) is -0.767. The van der Waals surface area contributed by atoms with Gasteiger partial charge in [-0.25, -0.2) is 9.59 Å². The fourth-order valence-corrected chi connectivity index (χ4v) is 3.42. The van der Waals surface area contributed by atoms with E-state index in [0.29, 0.717) is 16.4 Å². The van der Waals surface area contributed by atoms with Crippen LogP contribution in [-0.2, 0) is 16.1 Å². The molecule has 6 nitrogen and oxygen atoms in total. The van der Waals surface area contributed by atoms with E-state index in [1.807, 2.05) is 24.3 Å². The number of carbonyl (C=O) groups excluding carboxylic acids is 2. The number of hydrogen-bond acceptors (Lipinski definition) is 7. The van der Waals surface area contributed by atoms with Gasteiger partial charge < -0.3 is 18.9 Å². The normalized spacial score (nSPS) is 10.4. The van der Waals surface area contributed by atoms with E-state index in [-0.39, 0.29) is 13.2 Å². The minimum atomic E-state index is -0.767. The molecule has 0 spiro atoms. The first-order valence-corrected chi connectivity index (χ1v) is 9.10. The third-order valence-electron chi connectivity index (χ3n) is 3.72. The van der Waals surface area contributed by atoms with Crippen molar-refractivity contribution in [3.8, 4) is 10.8 Å². The Morgan fingerprint density at radius 2 is 1.78 bits per heavy atom. The number of methoxy groups -OCH3 is 1. The molecule has 1 heterocycles. The van der Waals surface area contributed by atoms with Gasteiger partial charge in [0.15, 0.2) is 5.75 Å². The highest BCUT2D eigenvalue weighted by Gasteiger charge is 2.18. The highest BCUT2D eigenvalue weighted by atomic mass is 32.1. The summed E-state index contributed by atoms with van der Waals surface area (Å²) < 4.78 is 21.7. The Bertz CT molecular complexity index is 945. The second kappa shape index (κ2) is 8.55. The molecule has 27 heavy (non-hydrogen) atoms. The van der Waals surface area contributed by atoms with Gasteiger partial charge in [0.1, 0.15) is 6.61 Å². The maximum atomic E-state index is 11.7. The van der Waals surface area contributed by atoms with Crippen LogP contribution in [0.5, 0.6) is 10.8 Å². The van der Waals surface area contributed by atoms with Crippen molar-refractivity contribution in [2.45, 2.75) is 13.5 Å². The lowest BCUT2D eigenvalue weighted by Gasteiger charge is -2.09. The Labute approximate surface area is 160 Å². The quantitative estimate of drug-likeness (QED) is 0.567. The maximum Gasteiger partial charge on any atom is 0.514 e. The van der Waals surface area contributed by atoms with Gasteiger partial charge in [0, 0.05) is 10.1 Å². The van der Waals surface area contributed by atoms with E-state index in [1.165, 1.54) is 18.4 Å². The van der Waals surface area contributed by atoms with Gasteiger partial charge in [-0.3, -0.25) is 0 Å². The number of carbonyl (C=O) groups is 2. The highest BCUT2D eigenvalue weighted by molar-refractivity contribution is 7.21. The van der Waals surface area contributed by atoms with E-state index in [0.717, 1.165) is 15.6 Å². The third-order valence-corrected chi connectivity index (χ3v) is 4.75. The molecule has 2 aromatic carbocycles.